The third-order valence-corrected chi connectivity index (χ3v) is 13.8. The largest absolute Gasteiger partial charge is 0.476 e. The van der Waals surface area contributed by atoms with Gasteiger partial charge in [-0.25, -0.2) is 4.79 Å². The lowest BCUT2D eigenvalue weighted by molar-refractivity contribution is -0.133. The average Bonchev–Trinajstić information content (AvgIpc) is 3.31. The lowest BCUT2D eigenvalue weighted by Crippen LogP contribution is -2.55. The van der Waals surface area contributed by atoms with Crippen molar-refractivity contribution in [2.45, 2.75) is 189 Å². The number of carbonyl (C=O) groups is 7. The zero-order chi connectivity index (χ0) is 53.4. The Kier molecular flexibility index (Phi) is 21.3. The number of benzene rings is 2. The first-order chi connectivity index (χ1) is 33.8. The Balaban J connectivity index is 0.000000316. The van der Waals surface area contributed by atoms with Gasteiger partial charge >= 0.3 is 6.09 Å². The maximum atomic E-state index is 14.1. The summed E-state index contributed by atoms with van der Waals surface area (Å²) in [4.78, 5) is 99.0. The van der Waals surface area contributed by atoms with Crippen LogP contribution in [0.3, 0.4) is 0 Å². The molecule has 1 saturated heterocycles. The van der Waals surface area contributed by atoms with E-state index in [0.29, 0.717) is 73.0 Å². The molecule has 1 aliphatic carbocycles. The topological polar surface area (TPSA) is 187 Å². The van der Waals surface area contributed by atoms with Crippen LogP contribution >= 0.6 is 24.0 Å². The first-order valence-corrected chi connectivity index (χ1v) is 26.4. The molecule has 73 heavy (non-hydrogen) atoms. The smallest absolute Gasteiger partial charge is 0.411 e. The van der Waals surface area contributed by atoms with Gasteiger partial charge in [0.05, 0.1) is 17.4 Å². The van der Waals surface area contributed by atoms with Gasteiger partial charge < -0.3 is 49.3 Å². The van der Waals surface area contributed by atoms with Crippen molar-refractivity contribution >= 4 is 76.9 Å². The fourth-order valence-electron chi connectivity index (χ4n) is 10.0. The number of rotatable bonds is 15. The number of anilines is 2. The van der Waals surface area contributed by atoms with E-state index in [-0.39, 0.29) is 85.1 Å². The number of carbonyl (C=O) groups excluding carboxylic acids is 7. The summed E-state index contributed by atoms with van der Waals surface area (Å²) in [5.74, 6) is 0.317. The Morgan fingerprint density at radius 1 is 0.685 bits per heavy atom. The number of halogens is 2. The molecular formula is C54H81Cl2N7O10. The number of fused-ring (bicyclic) bond motifs is 2. The number of nitrogens with zero attached hydrogens (tertiary/aromatic N) is 5. The van der Waals surface area contributed by atoms with E-state index >= 15 is 0 Å². The summed E-state index contributed by atoms with van der Waals surface area (Å²) < 4.78 is 17.3. The minimum Gasteiger partial charge on any atom is -0.476 e. The molecular weight excluding hydrogens is 978 g/mol. The van der Waals surface area contributed by atoms with E-state index in [1.165, 1.54) is 6.42 Å². The van der Waals surface area contributed by atoms with E-state index in [1.807, 2.05) is 38.7 Å². The highest BCUT2D eigenvalue weighted by Crippen LogP contribution is 2.42. The fraction of sp³-hybridized carbons (Fsp3) is 0.648. The number of alkyl halides is 1. The lowest BCUT2D eigenvalue weighted by atomic mass is 9.92. The monoisotopic (exact) mass is 1060 g/mol. The number of hydrogen-bond acceptors (Lipinski definition) is 10. The van der Waals surface area contributed by atoms with Crippen LogP contribution in [-0.4, -0.2) is 136 Å². The first-order valence-electron chi connectivity index (χ1n) is 25.9. The van der Waals surface area contributed by atoms with Crippen molar-refractivity contribution in [3.05, 3.63) is 46.5 Å². The maximum absolute atomic E-state index is 14.1. The molecule has 17 nitrogen and oxygen atoms in total. The summed E-state index contributed by atoms with van der Waals surface area (Å²) in [6.45, 7) is 25.9. The summed E-state index contributed by atoms with van der Waals surface area (Å²) in [6.07, 6.45) is 7.32. The van der Waals surface area contributed by atoms with Gasteiger partial charge in [0.1, 0.15) is 11.5 Å². The van der Waals surface area contributed by atoms with E-state index in [0.717, 1.165) is 49.7 Å². The summed E-state index contributed by atoms with van der Waals surface area (Å²) in [7, 11) is 0. The Morgan fingerprint density at radius 3 is 1.49 bits per heavy atom. The molecule has 7 amide bonds. The predicted octanol–water partition coefficient (Wildman–Crippen LogP) is 8.69. The molecule has 2 N–H and O–H groups in total. The van der Waals surface area contributed by atoms with Gasteiger partial charge in [-0.05, 0) is 137 Å². The van der Waals surface area contributed by atoms with E-state index in [4.69, 9.17) is 25.8 Å². The second kappa shape index (κ2) is 25.8. The van der Waals surface area contributed by atoms with E-state index in [9.17, 15) is 33.6 Å². The van der Waals surface area contributed by atoms with Crippen molar-refractivity contribution < 1.29 is 47.8 Å². The SMILES string of the molecule is CCC(=O)NCCN1C(=O)C(C)(C)Oc2cc(C)c(C(=O)N(C(C)C)C3CCCCC3)cc21.CCC(=O)NCCN1C(=O)C(C)(C)Oc2cc(C)c(C(=O)N(C(C)C)[C@@H]3CCCN(C(=O)OC(C)Cl)C3)cc21.Cl. The predicted molar refractivity (Wildman–Crippen MR) is 286 cm³/mol. The molecule has 0 aromatic heterocycles. The van der Waals surface area contributed by atoms with Crippen LogP contribution in [0.15, 0.2) is 24.3 Å². The first kappa shape index (κ1) is 60.3. The normalized spacial score (nSPS) is 18.4. The van der Waals surface area contributed by atoms with Gasteiger partial charge in [0.25, 0.3) is 23.6 Å². The highest BCUT2D eigenvalue weighted by atomic mass is 35.5. The Bertz CT molecular complexity index is 2330. The van der Waals surface area contributed by atoms with Crippen LogP contribution in [0.2, 0.25) is 0 Å². The molecule has 1 saturated carbocycles. The molecule has 19 heteroatoms. The fourth-order valence-corrected chi connectivity index (χ4v) is 10.1. The Labute approximate surface area is 444 Å². The molecule has 3 aliphatic heterocycles. The average molecular weight is 1060 g/mol. The van der Waals surface area contributed by atoms with Crippen LogP contribution in [0.5, 0.6) is 11.5 Å². The third kappa shape index (κ3) is 14.5. The molecule has 6 rings (SSSR count). The van der Waals surface area contributed by atoms with Crippen LogP contribution in [0.4, 0.5) is 16.2 Å². The van der Waals surface area contributed by atoms with Crippen LogP contribution < -0.4 is 29.9 Å². The Morgan fingerprint density at radius 2 is 1.10 bits per heavy atom. The van der Waals surface area contributed by atoms with E-state index in [1.54, 1.807) is 86.3 Å². The summed E-state index contributed by atoms with van der Waals surface area (Å²) >= 11 is 5.85. The van der Waals surface area contributed by atoms with Gasteiger partial charge in [0.15, 0.2) is 16.8 Å². The number of aryl methyl sites for hydroxylation is 2. The number of nitrogens with one attached hydrogen (secondary N) is 2. The number of piperidine rings is 1. The molecule has 0 spiro atoms. The molecule has 0 radical (unpaired) electrons. The second-order valence-electron chi connectivity index (χ2n) is 20.9. The van der Waals surface area contributed by atoms with Crippen molar-refractivity contribution in [3.63, 3.8) is 0 Å². The molecule has 2 fully saturated rings. The summed E-state index contributed by atoms with van der Waals surface area (Å²) in [5.41, 5.74) is 0.838. The minimum absolute atomic E-state index is 0. The lowest BCUT2D eigenvalue weighted by Gasteiger charge is -2.42. The molecule has 2 atom stereocenters. The van der Waals surface area contributed by atoms with Crippen LogP contribution in [0.1, 0.15) is 166 Å². The van der Waals surface area contributed by atoms with Crippen LogP contribution in [0.25, 0.3) is 0 Å². The van der Waals surface area contributed by atoms with Gasteiger partial charge in [-0.3, -0.25) is 28.8 Å². The second-order valence-corrected chi connectivity index (χ2v) is 21.5. The third-order valence-electron chi connectivity index (χ3n) is 13.7. The number of hydrogen-bond donors (Lipinski definition) is 2. The van der Waals surface area contributed by atoms with Crippen molar-refractivity contribution in [2.24, 2.45) is 0 Å². The molecule has 2 aromatic carbocycles. The quantitative estimate of drug-likeness (QED) is 0.163. The van der Waals surface area contributed by atoms with E-state index < -0.39 is 22.9 Å². The highest BCUT2D eigenvalue weighted by Gasteiger charge is 2.44. The van der Waals surface area contributed by atoms with Gasteiger partial charge in [-0.2, -0.15) is 0 Å². The zero-order valence-electron chi connectivity index (χ0n) is 45.4. The molecule has 4 aliphatic rings. The number of likely N-dealkylation sites (tertiary alicyclic amines) is 1. The molecule has 1 unspecified atom stereocenters. The van der Waals surface area contributed by atoms with Crippen molar-refractivity contribution in [1.82, 2.24) is 25.3 Å². The summed E-state index contributed by atoms with van der Waals surface area (Å²) in [5, 5.41) is 5.64. The van der Waals surface area contributed by atoms with Gasteiger partial charge in [-0.1, -0.05) is 44.7 Å². The number of ether oxygens (including phenoxy) is 3. The molecule has 3 heterocycles. The zero-order valence-corrected chi connectivity index (χ0v) is 47.0. The van der Waals surface area contributed by atoms with Crippen molar-refractivity contribution in [2.75, 3.05) is 49.1 Å². The van der Waals surface area contributed by atoms with Crippen molar-refractivity contribution in [1.29, 1.82) is 0 Å². The summed E-state index contributed by atoms with van der Waals surface area (Å²) in [6, 6.07) is 7.16. The van der Waals surface area contributed by atoms with Gasteiger partial charge in [0.2, 0.25) is 11.8 Å². The van der Waals surface area contributed by atoms with Crippen molar-refractivity contribution in [3.8, 4) is 11.5 Å². The van der Waals surface area contributed by atoms with Gasteiger partial charge in [-0.15, -0.1) is 12.4 Å². The number of amides is 7. The van der Waals surface area contributed by atoms with Crippen LogP contribution in [0, 0.1) is 13.8 Å². The van der Waals surface area contributed by atoms with Gasteiger partial charge in [0, 0.05) is 81.4 Å². The standard InChI is InChI=1S/C28H41ClN4O6.C26H39N3O4.ClH/c1-8-24(34)30-11-13-32-22-15-21(18(4)14-23(22)39-28(6,7)26(32)36)25(35)33(17(2)3)20-10-9-12-31(16-20)27(37)38-19(5)29;1-7-23(30)27-13-14-28-21-16-20(18(4)15-22(21)33-26(5,6)25(28)32)24(31)29(17(2)3)19-11-9-8-10-12-19;/h14-15,17,19-20H,8-13,16H2,1-7H3,(H,30,34);15-17,19H,7-14H2,1-6H3,(H,27,30);1H/t19?,20-;;/m1../s1. The van der Waals surface area contributed by atoms with E-state index in [2.05, 4.69) is 24.5 Å². The Hall–Kier alpha value is -5.29. The maximum Gasteiger partial charge on any atom is 0.411 e. The highest BCUT2D eigenvalue weighted by molar-refractivity contribution is 6.20. The molecule has 406 valence electrons. The van der Waals surface area contributed by atoms with Crippen LogP contribution in [-0.2, 0) is 23.9 Å². The molecule has 0 bridgehead atoms. The molecule has 2 aromatic rings. The minimum atomic E-state index is -1.09.